The standard InChI is InChI=1S/C16H32N4/c1-7-9-10-20(13(4)8-2)16-15(11-12(3)17)14(5)18-19(16)6/h12-13H,7-11,17H2,1-6H3. The van der Waals surface area contributed by atoms with Crippen LogP contribution in [0.15, 0.2) is 0 Å². The van der Waals surface area contributed by atoms with E-state index >= 15 is 0 Å². The number of aryl methyl sites for hydroxylation is 2. The Labute approximate surface area is 124 Å². The van der Waals surface area contributed by atoms with Crippen molar-refractivity contribution in [2.75, 3.05) is 11.4 Å². The third-order valence-electron chi connectivity index (χ3n) is 3.99. The number of anilines is 1. The lowest BCUT2D eigenvalue weighted by molar-refractivity contribution is 0.569. The van der Waals surface area contributed by atoms with Crippen LogP contribution in [0.5, 0.6) is 0 Å². The van der Waals surface area contributed by atoms with Crippen molar-refractivity contribution >= 4 is 5.82 Å². The Morgan fingerprint density at radius 2 is 1.95 bits per heavy atom. The van der Waals surface area contributed by atoms with Gasteiger partial charge in [-0.05, 0) is 40.0 Å². The predicted molar refractivity (Wildman–Crippen MR) is 87.3 cm³/mol. The van der Waals surface area contributed by atoms with Gasteiger partial charge in [0.25, 0.3) is 0 Å². The van der Waals surface area contributed by atoms with E-state index in [9.17, 15) is 0 Å². The average Bonchev–Trinajstić information content (AvgIpc) is 2.65. The van der Waals surface area contributed by atoms with Crippen molar-refractivity contribution < 1.29 is 0 Å². The highest BCUT2D eigenvalue weighted by Gasteiger charge is 2.22. The van der Waals surface area contributed by atoms with E-state index in [-0.39, 0.29) is 6.04 Å². The SMILES string of the molecule is CCCCN(c1c(CC(C)N)c(C)nn1C)C(C)CC. The summed E-state index contributed by atoms with van der Waals surface area (Å²) in [6, 6.07) is 0.699. The second-order valence-electron chi connectivity index (χ2n) is 6.00. The maximum Gasteiger partial charge on any atom is 0.130 e. The molecule has 0 radical (unpaired) electrons. The highest BCUT2D eigenvalue weighted by molar-refractivity contribution is 5.51. The summed E-state index contributed by atoms with van der Waals surface area (Å²) in [6.07, 6.45) is 4.47. The van der Waals surface area contributed by atoms with Crippen LogP contribution in [0.2, 0.25) is 0 Å². The number of hydrogen-bond acceptors (Lipinski definition) is 3. The molecule has 0 saturated carbocycles. The zero-order valence-corrected chi connectivity index (χ0v) is 14.1. The fraction of sp³-hybridized carbons (Fsp3) is 0.812. The molecule has 0 fully saturated rings. The highest BCUT2D eigenvalue weighted by Crippen LogP contribution is 2.27. The first-order valence-electron chi connectivity index (χ1n) is 7.96. The Bertz CT molecular complexity index is 409. The Morgan fingerprint density at radius 1 is 1.30 bits per heavy atom. The molecule has 116 valence electrons. The minimum atomic E-state index is 0.168. The van der Waals surface area contributed by atoms with E-state index in [2.05, 4.69) is 44.6 Å². The lowest BCUT2D eigenvalue weighted by Crippen LogP contribution is -2.36. The summed E-state index contributed by atoms with van der Waals surface area (Å²) in [7, 11) is 2.05. The number of rotatable bonds is 8. The molecule has 0 aromatic carbocycles. The van der Waals surface area contributed by atoms with Crippen molar-refractivity contribution in [3.63, 3.8) is 0 Å². The Balaban J connectivity index is 3.16. The van der Waals surface area contributed by atoms with Gasteiger partial charge in [0.15, 0.2) is 0 Å². The molecule has 0 bridgehead atoms. The van der Waals surface area contributed by atoms with Gasteiger partial charge in [-0.1, -0.05) is 20.3 Å². The van der Waals surface area contributed by atoms with E-state index in [4.69, 9.17) is 5.73 Å². The number of hydrogen-bond donors (Lipinski definition) is 1. The lowest BCUT2D eigenvalue weighted by Gasteiger charge is -2.32. The molecular formula is C16H32N4. The normalized spacial score (nSPS) is 14.3. The molecule has 2 N–H and O–H groups in total. The van der Waals surface area contributed by atoms with E-state index in [1.54, 1.807) is 0 Å². The lowest BCUT2D eigenvalue weighted by atomic mass is 10.1. The van der Waals surface area contributed by atoms with Gasteiger partial charge in [0.05, 0.1) is 5.69 Å². The molecule has 20 heavy (non-hydrogen) atoms. The Hall–Kier alpha value is -1.03. The van der Waals surface area contributed by atoms with Crippen LogP contribution < -0.4 is 10.6 Å². The van der Waals surface area contributed by atoms with Crippen molar-refractivity contribution in [2.24, 2.45) is 12.8 Å². The quantitative estimate of drug-likeness (QED) is 0.796. The van der Waals surface area contributed by atoms with Gasteiger partial charge in [-0.15, -0.1) is 0 Å². The molecule has 1 heterocycles. The molecule has 1 aromatic heterocycles. The molecule has 0 spiro atoms. The van der Waals surface area contributed by atoms with Crippen molar-refractivity contribution in [1.82, 2.24) is 9.78 Å². The van der Waals surface area contributed by atoms with Crippen LogP contribution in [0, 0.1) is 6.92 Å². The van der Waals surface area contributed by atoms with Crippen molar-refractivity contribution in [3.8, 4) is 0 Å². The number of nitrogens with zero attached hydrogens (tertiary/aromatic N) is 3. The topological polar surface area (TPSA) is 47.1 Å². The van der Waals surface area contributed by atoms with Crippen LogP contribution in [0.4, 0.5) is 5.82 Å². The fourth-order valence-electron chi connectivity index (χ4n) is 2.69. The molecule has 0 amide bonds. The largest absolute Gasteiger partial charge is 0.354 e. The summed E-state index contributed by atoms with van der Waals surface area (Å²) < 4.78 is 2.04. The molecule has 0 aliphatic carbocycles. The minimum Gasteiger partial charge on any atom is -0.354 e. The minimum absolute atomic E-state index is 0.168. The summed E-state index contributed by atoms with van der Waals surface area (Å²) in [4.78, 5) is 2.52. The van der Waals surface area contributed by atoms with E-state index in [0.29, 0.717) is 6.04 Å². The molecule has 2 atom stereocenters. The van der Waals surface area contributed by atoms with Gasteiger partial charge >= 0.3 is 0 Å². The zero-order valence-electron chi connectivity index (χ0n) is 14.1. The van der Waals surface area contributed by atoms with Crippen molar-refractivity contribution in [2.45, 2.75) is 72.4 Å². The van der Waals surface area contributed by atoms with Crippen molar-refractivity contribution in [3.05, 3.63) is 11.3 Å². The average molecular weight is 280 g/mol. The molecule has 0 aliphatic rings. The molecule has 0 saturated heterocycles. The van der Waals surface area contributed by atoms with E-state index in [0.717, 1.165) is 25.1 Å². The van der Waals surface area contributed by atoms with Gasteiger partial charge in [-0.3, -0.25) is 4.68 Å². The van der Waals surface area contributed by atoms with Gasteiger partial charge in [-0.25, -0.2) is 0 Å². The highest BCUT2D eigenvalue weighted by atomic mass is 15.4. The van der Waals surface area contributed by atoms with Crippen LogP contribution >= 0.6 is 0 Å². The second-order valence-corrected chi connectivity index (χ2v) is 6.00. The maximum atomic E-state index is 6.02. The summed E-state index contributed by atoms with van der Waals surface area (Å²) in [5, 5.41) is 4.63. The van der Waals surface area contributed by atoms with Crippen molar-refractivity contribution in [1.29, 1.82) is 0 Å². The van der Waals surface area contributed by atoms with Gasteiger partial charge < -0.3 is 10.6 Å². The zero-order chi connectivity index (χ0) is 15.3. The van der Waals surface area contributed by atoms with Crippen LogP contribution in [0.1, 0.15) is 58.2 Å². The maximum absolute atomic E-state index is 6.02. The fourth-order valence-corrected chi connectivity index (χ4v) is 2.69. The predicted octanol–water partition coefficient (Wildman–Crippen LogP) is 3.02. The molecular weight excluding hydrogens is 248 g/mol. The number of nitrogens with two attached hydrogens (primary N) is 1. The molecule has 4 heteroatoms. The summed E-state index contributed by atoms with van der Waals surface area (Å²) in [5.74, 6) is 1.27. The second kappa shape index (κ2) is 7.67. The van der Waals surface area contributed by atoms with E-state index in [1.807, 2.05) is 11.7 Å². The number of unbranched alkanes of at least 4 members (excludes halogenated alkanes) is 1. The molecule has 2 unspecified atom stereocenters. The Morgan fingerprint density at radius 3 is 2.45 bits per heavy atom. The summed E-state index contributed by atoms with van der Waals surface area (Å²) >= 11 is 0. The van der Waals surface area contributed by atoms with Gasteiger partial charge in [0, 0.05) is 31.2 Å². The van der Waals surface area contributed by atoms with Gasteiger partial charge in [-0.2, -0.15) is 5.10 Å². The first-order chi connectivity index (χ1) is 9.42. The first-order valence-corrected chi connectivity index (χ1v) is 7.96. The molecule has 1 rings (SSSR count). The third kappa shape index (κ3) is 3.98. The molecule has 1 aromatic rings. The number of aromatic nitrogens is 2. The van der Waals surface area contributed by atoms with E-state index in [1.165, 1.54) is 24.2 Å². The van der Waals surface area contributed by atoms with Gasteiger partial charge in [0.1, 0.15) is 5.82 Å². The smallest absolute Gasteiger partial charge is 0.130 e. The third-order valence-corrected chi connectivity index (χ3v) is 3.99. The monoisotopic (exact) mass is 280 g/mol. The van der Waals surface area contributed by atoms with Crippen LogP contribution in [0.25, 0.3) is 0 Å². The Kier molecular flexibility index (Phi) is 6.53. The first kappa shape index (κ1) is 17.0. The summed E-state index contributed by atoms with van der Waals surface area (Å²) in [6.45, 7) is 12.0. The van der Waals surface area contributed by atoms with E-state index < -0.39 is 0 Å². The summed E-state index contributed by atoms with van der Waals surface area (Å²) in [5.41, 5.74) is 8.46. The van der Waals surface area contributed by atoms with Crippen LogP contribution in [-0.2, 0) is 13.5 Å². The molecule has 4 nitrogen and oxygen atoms in total. The van der Waals surface area contributed by atoms with Crippen LogP contribution in [0.3, 0.4) is 0 Å². The molecule has 0 aliphatic heterocycles. The van der Waals surface area contributed by atoms with Gasteiger partial charge in [0.2, 0.25) is 0 Å². The van der Waals surface area contributed by atoms with Crippen LogP contribution in [-0.4, -0.2) is 28.4 Å².